The first-order valence-electron chi connectivity index (χ1n) is 8.66. The molecule has 0 saturated heterocycles. The largest absolute Gasteiger partial charge is 0.503 e. The van der Waals surface area contributed by atoms with Gasteiger partial charge in [0.1, 0.15) is 11.8 Å². The van der Waals surface area contributed by atoms with Crippen LogP contribution in [0.15, 0.2) is 57.0 Å². The van der Waals surface area contributed by atoms with Crippen LogP contribution in [0.4, 0.5) is 0 Å². The van der Waals surface area contributed by atoms with E-state index in [-0.39, 0.29) is 11.3 Å². The Labute approximate surface area is 151 Å². The first-order chi connectivity index (χ1) is 12.6. The van der Waals surface area contributed by atoms with Crippen molar-refractivity contribution in [3.8, 4) is 0 Å². The summed E-state index contributed by atoms with van der Waals surface area (Å²) < 4.78 is 10.6. The van der Waals surface area contributed by atoms with E-state index in [9.17, 15) is 14.7 Å². The van der Waals surface area contributed by atoms with E-state index in [0.29, 0.717) is 18.8 Å². The Bertz CT molecular complexity index is 788. The molecule has 1 amide bonds. The maximum atomic E-state index is 12.8. The molecule has 1 aliphatic heterocycles. The van der Waals surface area contributed by atoms with Crippen LogP contribution in [0.3, 0.4) is 0 Å². The van der Waals surface area contributed by atoms with Gasteiger partial charge in [0, 0.05) is 13.1 Å². The fraction of sp³-hybridized carbons (Fsp3) is 0.368. The van der Waals surface area contributed by atoms with Gasteiger partial charge in [-0.05, 0) is 37.4 Å². The monoisotopic (exact) mass is 358 g/mol. The maximum absolute atomic E-state index is 12.8. The summed E-state index contributed by atoms with van der Waals surface area (Å²) in [5.74, 6) is -1.15. The number of aliphatic hydroxyl groups excluding tert-OH is 1. The van der Waals surface area contributed by atoms with Crippen molar-refractivity contribution in [2.75, 3.05) is 26.2 Å². The fourth-order valence-corrected chi connectivity index (χ4v) is 3.19. The van der Waals surface area contributed by atoms with Crippen molar-refractivity contribution in [2.24, 2.45) is 0 Å². The van der Waals surface area contributed by atoms with Gasteiger partial charge in [0.2, 0.25) is 5.78 Å². The Kier molecular flexibility index (Phi) is 5.27. The normalized spacial score (nSPS) is 17.6. The predicted molar refractivity (Wildman–Crippen MR) is 93.6 cm³/mol. The number of furan rings is 2. The molecule has 3 heterocycles. The lowest BCUT2D eigenvalue weighted by molar-refractivity contribution is -0.129. The molecule has 2 aromatic heterocycles. The summed E-state index contributed by atoms with van der Waals surface area (Å²) in [6.45, 7) is 6.78. The highest BCUT2D eigenvalue weighted by molar-refractivity contribution is 6.14. The van der Waals surface area contributed by atoms with E-state index in [1.807, 2.05) is 13.8 Å². The summed E-state index contributed by atoms with van der Waals surface area (Å²) >= 11 is 0. The average Bonchev–Trinajstić information content (AvgIpc) is 3.39. The van der Waals surface area contributed by atoms with Crippen LogP contribution >= 0.6 is 0 Å². The van der Waals surface area contributed by atoms with Crippen LogP contribution in [0, 0.1) is 0 Å². The molecule has 0 spiro atoms. The lowest BCUT2D eigenvalue weighted by Gasteiger charge is -2.27. The van der Waals surface area contributed by atoms with Crippen molar-refractivity contribution in [2.45, 2.75) is 19.9 Å². The number of aliphatic hydroxyl groups is 1. The van der Waals surface area contributed by atoms with E-state index >= 15 is 0 Å². The van der Waals surface area contributed by atoms with Crippen LogP contribution in [0.25, 0.3) is 0 Å². The third-order valence-corrected chi connectivity index (χ3v) is 4.66. The van der Waals surface area contributed by atoms with Gasteiger partial charge in [0.25, 0.3) is 5.91 Å². The number of hydrogen-bond acceptors (Lipinski definition) is 6. The summed E-state index contributed by atoms with van der Waals surface area (Å²) in [6.07, 6.45) is 2.86. The van der Waals surface area contributed by atoms with Crippen molar-refractivity contribution in [1.29, 1.82) is 0 Å². The summed E-state index contributed by atoms with van der Waals surface area (Å²) in [4.78, 5) is 29.1. The molecule has 3 rings (SSSR count). The van der Waals surface area contributed by atoms with E-state index in [4.69, 9.17) is 8.83 Å². The van der Waals surface area contributed by atoms with Crippen LogP contribution < -0.4 is 0 Å². The Hall–Kier alpha value is -2.80. The molecular formula is C19H22N2O5. The molecule has 0 bridgehead atoms. The van der Waals surface area contributed by atoms with Crippen LogP contribution in [0.1, 0.15) is 36.2 Å². The Morgan fingerprint density at radius 2 is 1.88 bits per heavy atom. The van der Waals surface area contributed by atoms with Crippen LogP contribution in [0.5, 0.6) is 0 Å². The zero-order chi connectivity index (χ0) is 18.7. The van der Waals surface area contributed by atoms with Crippen molar-refractivity contribution in [3.05, 3.63) is 59.6 Å². The highest BCUT2D eigenvalue weighted by atomic mass is 16.3. The van der Waals surface area contributed by atoms with Crippen LogP contribution in [-0.2, 0) is 4.79 Å². The molecule has 1 N–H and O–H groups in total. The van der Waals surface area contributed by atoms with Crippen LogP contribution in [-0.4, -0.2) is 52.8 Å². The van der Waals surface area contributed by atoms with Gasteiger partial charge in [-0.15, -0.1) is 0 Å². The van der Waals surface area contributed by atoms with E-state index in [1.54, 1.807) is 18.2 Å². The minimum Gasteiger partial charge on any atom is -0.503 e. The molecule has 7 heteroatoms. The number of Topliss-reactive ketones (excluding diaryl/α,β-unsaturated/α-hetero) is 1. The molecule has 138 valence electrons. The molecule has 0 unspecified atom stereocenters. The molecular weight excluding hydrogens is 336 g/mol. The van der Waals surface area contributed by atoms with Gasteiger partial charge >= 0.3 is 0 Å². The second-order valence-electron chi connectivity index (χ2n) is 6.01. The average molecular weight is 358 g/mol. The highest BCUT2D eigenvalue weighted by Gasteiger charge is 2.45. The molecule has 0 fully saturated rings. The van der Waals surface area contributed by atoms with Gasteiger partial charge in [-0.2, -0.15) is 0 Å². The second-order valence-corrected chi connectivity index (χ2v) is 6.01. The molecule has 0 radical (unpaired) electrons. The molecule has 2 aromatic rings. The minimum atomic E-state index is -0.773. The number of amides is 1. The van der Waals surface area contributed by atoms with Gasteiger partial charge in [0.15, 0.2) is 11.5 Å². The van der Waals surface area contributed by atoms with Gasteiger partial charge in [-0.3, -0.25) is 9.59 Å². The summed E-state index contributed by atoms with van der Waals surface area (Å²) in [6, 6.07) is 5.70. The standard InChI is InChI=1S/C19H22N2O5/c1-3-20(4-2)9-10-21-16(13-7-5-11-25-13)15(18(23)19(21)24)17(22)14-8-6-12-26-14/h5-8,11-12,16,23H,3-4,9-10H2,1-2H3/t16-/m1/s1. The number of carbonyl (C=O) groups is 2. The Morgan fingerprint density at radius 1 is 1.19 bits per heavy atom. The number of ketones is 1. The van der Waals surface area contributed by atoms with Crippen molar-refractivity contribution in [3.63, 3.8) is 0 Å². The minimum absolute atomic E-state index is 0.0144. The Morgan fingerprint density at radius 3 is 2.46 bits per heavy atom. The number of nitrogens with zero attached hydrogens (tertiary/aromatic N) is 2. The second kappa shape index (κ2) is 7.61. The Balaban J connectivity index is 1.94. The van der Waals surface area contributed by atoms with Crippen molar-refractivity contribution < 1.29 is 23.5 Å². The fourth-order valence-electron chi connectivity index (χ4n) is 3.19. The van der Waals surface area contributed by atoms with Crippen molar-refractivity contribution >= 4 is 11.7 Å². The SMILES string of the molecule is CCN(CC)CCN1C(=O)C(O)=C(C(=O)c2ccco2)[C@H]1c1ccco1. The molecule has 1 aliphatic rings. The van der Waals surface area contributed by atoms with Gasteiger partial charge in [-0.25, -0.2) is 0 Å². The van der Waals surface area contributed by atoms with Crippen molar-refractivity contribution in [1.82, 2.24) is 9.80 Å². The highest BCUT2D eigenvalue weighted by Crippen LogP contribution is 2.39. The smallest absolute Gasteiger partial charge is 0.290 e. The number of hydrogen-bond donors (Lipinski definition) is 1. The first-order valence-corrected chi connectivity index (χ1v) is 8.66. The first kappa shape index (κ1) is 18.0. The van der Waals surface area contributed by atoms with E-state index in [2.05, 4.69) is 4.90 Å². The summed E-state index contributed by atoms with van der Waals surface area (Å²) in [7, 11) is 0. The summed E-state index contributed by atoms with van der Waals surface area (Å²) in [5, 5.41) is 10.4. The molecule has 0 saturated carbocycles. The lowest BCUT2D eigenvalue weighted by atomic mass is 10.00. The third-order valence-electron chi connectivity index (χ3n) is 4.66. The quantitative estimate of drug-likeness (QED) is 0.730. The van der Waals surface area contributed by atoms with Gasteiger partial charge in [-0.1, -0.05) is 13.8 Å². The van der Waals surface area contributed by atoms with E-state index in [1.165, 1.54) is 23.5 Å². The van der Waals surface area contributed by atoms with Gasteiger partial charge < -0.3 is 23.7 Å². The summed E-state index contributed by atoms with van der Waals surface area (Å²) in [5.41, 5.74) is -0.0144. The molecule has 7 nitrogen and oxygen atoms in total. The van der Waals surface area contributed by atoms with Gasteiger partial charge in [0.05, 0.1) is 18.1 Å². The molecule has 1 atom stereocenters. The van der Waals surface area contributed by atoms with E-state index < -0.39 is 23.5 Å². The van der Waals surface area contributed by atoms with Crippen LogP contribution in [0.2, 0.25) is 0 Å². The van der Waals surface area contributed by atoms with E-state index in [0.717, 1.165) is 13.1 Å². The number of carbonyl (C=O) groups excluding carboxylic acids is 2. The maximum Gasteiger partial charge on any atom is 0.290 e. The zero-order valence-electron chi connectivity index (χ0n) is 14.8. The topological polar surface area (TPSA) is 87.1 Å². The molecule has 26 heavy (non-hydrogen) atoms. The predicted octanol–water partition coefficient (Wildman–Crippen LogP) is 2.79. The zero-order valence-corrected chi connectivity index (χ0v) is 14.8. The number of rotatable bonds is 8. The number of likely N-dealkylation sites (N-methyl/N-ethyl adjacent to an activating group) is 1. The lowest BCUT2D eigenvalue weighted by Crippen LogP contribution is -2.38. The third kappa shape index (κ3) is 3.17. The molecule has 0 aliphatic carbocycles. The molecule has 0 aromatic carbocycles.